The first kappa shape index (κ1) is 114. The summed E-state index contributed by atoms with van der Waals surface area (Å²) >= 11 is 0. The highest BCUT2D eigenvalue weighted by molar-refractivity contribution is 6.74. The molecule has 1 aromatic carbocycles. The smallest absolute Gasteiger partial charge is 0.331 e. The molecular weight excluding hydrogens is 1470 g/mol. The average molecular weight is 1630 g/mol. The molecule has 1 rings (SSSR count). The van der Waals surface area contributed by atoms with E-state index in [4.69, 9.17) is 42.3 Å². The highest BCUT2D eigenvalue weighted by atomic mass is 28.4. The maximum Gasteiger partial charge on any atom is 0.331 e. The Hall–Kier alpha value is -6.67. The predicted molar refractivity (Wildman–Crippen MR) is 481 cm³/mol. The van der Waals surface area contributed by atoms with Crippen molar-refractivity contribution in [3.8, 4) is 0 Å². The van der Waals surface area contributed by atoms with Gasteiger partial charge in [0.15, 0.2) is 16.6 Å². The molecule has 0 saturated carbocycles. The van der Waals surface area contributed by atoms with Gasteiger partial charge in [0.25, 0.3) is 0 Å². The Labute approximate surface area is 694 Å². The van der Waals surface area contributed by atoms with E-state index in [1.807, 2.05) is 96.2 Å². The second kappa shape index (κ2) is 67.4. The number of hydrogen-bond donors (Lipinski definition) is 10. The Morgan fingerprint density at radius 2 is 0.614 bits per heavy atom. The van der Waals surface area contributed by atoms with Crippen LogP contribution in [-0.2, 0) is 42.4 Å². The van der Waals surface area contributed by atoms with Gasteiger partial charge in [0.2, 0.25) is 29.5 Å². The monoisotopic (exact) mass is 1630 g/mol. The predicted octanol–water partition coefficient (Wildman–Crippen LogP) is 17.8. The van der Waals surface area contributed by atoms with Crippen molar-refractivity contribution >= 4 is 58.2 Å². The van der Waals surface area contributed by atoms with E-state index in [9.17, 15) is 54.3 Å². The van der Waals surface area contributed by atoms with Crippen molar-refractivity contribution in [1.29, 1.82) is 0 Å². The largest absolute Gasteiger partial charge is 0.459 e. The minimum absolute atomic E-state index is 0.00579. The third-order valence-corrected chi connectivity index (χ3v) is 32.9. The number of aliphatic hydroxyl groups is 5. The molecule has 0 saturated heterocycles. The second-order valence-electron chi connectivity index (χ2n) is 31.2. The molecule has 0 heterocycles. The number of carbonyl (C=O) groups is 6. The van der Waals surface area contributed by atoms with Crippen LogP contribution in [0, 0.1) is 71.0 Å². The molecular formula is C93H163N5O14Si2. The number of esters is 1. The van der Waals surface area contributed by atoms with Crippen LogP contribution in [0.1, 0.15) is 229 Å². The van der Waals surface area contributed by atoms with E-state index < -0.39 is 76.6 Å². The summed E-state index contributed by atoms with van der Waals surface area (Å²) in [5.41, 5.74) is 26.1. The Bertz CT molecular complexity index is 2910. The van der Waals surface area contributed by atoms with E-state index in [0.29, 0.717) is 48.9 Å². The van der Waals surface area contributed by atoms with Crippen LogP contribution in [0.25, 0.3) is 6.08 Å². The van der Waals surface area contributed by atoms with Gasteiger partial charge in [0.1, 0.15) is 6.10 Å². The van der Waals surface area contributed by atoms with Gasteiger partial charge in [-0.2, -0.15) is 0 Å². The maximum atomic E-state index is 12.3. The van der Waals surface area contributed by atoms with Gasteiger partial charge < -0.3 is 67.8 Å². The lowest BCUT2D eigenvalue weighted by molar-refractivity contribution is -0.151. The van der Waals surface area contributed by atoms with Crippen molar-refractivity contribution in [2.24, 2.45) is 99.7 Å². The number of hydrogen-bond acceptors (Lipinski definition) is 14. The van der Waals surface area contributed by atoms with Crippen molar-refractivity contribution in [1.82, 2.24) is 0 Å². The Balaban J connectivity index is -0.000000670. The molecule has 0 bridgehead atoms. The van der Waals surface area contributed by atoms with Crippen LogP contribution in [0.3, 0.4) is 0 Å². The molecule has 652 valence electrons. The van der Waals surface area contributed by atoms with Gasteiger partial charge in [-0.05, 0) is 133 Å². The molecule has 0 spiro atoms. The van der Waals surface area contributed by atoms with Gasteiger partial charge in [-0.1, -0.05) is 313 Å². The minimum atomic E-state index is -1.76. The first-order valence-electron chi connectivity index (χ1n) is 42.5. The van der Waals surface area contributed by atoms with Crippen molar-refractivity contribution in [3.05, 3.63) is 163 Å². The maximum absolute atomic E-state index is 12.3. The molecule has 0 aliphatic rings. The SMILES string of the molecule is CC[C@H](C)[C@@H](C)[C@@H](C)[C@@H](O)C/C=C/C=C\C(N)=O.CC[C@H](C)[C@@H](C)[C@@H](C)[C@H](C/C=C/C=C\C(N)=O)O[Si](CC)(CC)CC.CC[C@H](C)[C@@H](O)[C@@H](C)[C@@H](O)C/C=C/C=C\C(N)=O.CC[C@H](C)[C@@H](O)[C@@H](C)[C@H](C/C=C/C=C\C(N)=O)O[Si](CC)(CC)CC.CC[C@H](C)[C@@H](OC(=O)/C=C/c1ccccc1)[C@@H](C)[C@@H](O)C/C=C/C=C\C(N)=O. The van der Waals surface area contributed by atoms with Gasteiger partial charge in [-0.25, -0.2) is 4.79 Å². The summed E-state index contributed by atoms with van der Waals surface area (Å²) in [6.45, 7) is 49.5. The molecule has 0 unspecified atom stereocenters. The molecule has 0 radical (unpaired) electrons. The van der Waals surface area contributed by atoms with E-state index in [2.05, 4.69) is 124 Å². The third kappa shape index (κ3) is 52.1. The van der Waals surface area contributed by atoms with Gasteiger partial charge in [0.05, 0.1) is 42.7 Å². The van der Waals surface area contributed by atoms with Gasteiger partial charge in [-0.3, -0.25) is 24.0 Å². The Morgan fingerprint density at radius 1 is 0.333 bits per heavy atom. The standard InChI is InChI=1S/C23H31NO4.C21H41NO2Si.C20H39NO3Si.C15H27NO2.C14H25NO3/c1-4-17(2)23(18(3)20(25)13-9-6-10-14-21(24)26)28-22(27)16-15-19-11-7-5-8-12-19;1-8-17(5)18(6)19(7)20(15-13-12-14-16-21(22)23)24-25(9-2,10-3)11-4;1-7-16(5)20(23)17(6)18(14-12-11-13-15-19(21)22)24-25(8-2,9-3)10-4;1-5-11(2)12(3)13(4)14(17)9-7-6-8-10-15(16)18;1-4-10(2)14(18)11(3)12(16)8-6-5-7-9-13(15)17/h5-12,14-18,20,23,25H,4,13H2,1-3H3,(H2,24,26);12-14,16-20H,8-11,15H2,1-7H3,(H2,22,23);11-13,15-18,20,23H,7-10,14H2,1-6H3,(H2,21,22);6-8,10-14,17H,5,9H2,1-4H3,(H2,16,18);5-7,9-12,14,16,18H,4,8H2,1-3H3,(H2,15,17)/b9-6+,14-10-,16-15+;13-12+,16-14-;12-11+,15-13-;7-6+,10-8-;6-5+,9-7-/t17-,18-,20-,23+;17-,18+,19+,20-;16-,17-,18-,20+;11-,12+,13+,14-;10-,11-,12-,14+/m00000/s1. The Kier molecular flexibility index (Phi) is 67.2. The summed E-state index contributed by atoms with van der Waals surface area (Å²) in [6.07, 6.45) is 41.4. The van der Waals surface area contributed by atoms with Crippen molar-refractivity contribution in [3.63, 3.8) is 0 Å². The molecule has 0 aliphatic heterocycles. The minimum Gasteiger partial charge on any atom is -0.459 e. The summed E-state index contributed by atoms with van der Waals surface area (Å²) in [4.78, 5) is 65.3. The molecule has 0 fully saturated rings. The van der Waals surface area contributed by atoms with E-state index in [0.717, 1.165) is 62.2 Å². The molecule has 5 amide bonds. The summed E-state index contributed by atoms with van der Waals surface area (Å²) < 4.78 is 19.2. The number of primary amides is 5. The second-order valence-corrected chi connectivity index (χ2v) is 40.6. The van der Waals surface area contributed by atoms with Crippen LogP contribution in [0.5, 0.6) is 0 Å². The fourth-order valence-electron chi connectivity index (χ4n) is 12.8. The van der Waals surface area contributed by atoms with Crippen LogP contribution in [0.4, 0.5) is 0 Å². The highest BCUT2D eigenvalue weighted by Gasteiger charge is 2.38. The number of rotatable bonds is 53. The number of benzene rings is 1. The average Bonchev–Trinajstić information content (AvgIpc) is 0.813. The van der Waals surface area contributed by atoms with Crippen LogP contribution in [0.2, 0.25) is 36.3 Å². The molecule has 19 nitrogen and oxygen atoms in total. The van der Waals surface area contributed by atoms with E-state index in [1.54, 1.807) is 54.7 Å². The number of carbonyl (C=O) groups excluding carboxylic acids is 6. The summed E-state index contributed by atoms with van der Waals surface area (Å²) in [5, 5.41) is 51.1. The summed E-state index contributed by atoms with van der Waals surface area (Å²) in [7, 11) is -3.40. The van der Waals surface area contributed by atoms with E-state index >= 15 is 0 Å². The summed E-state index contributed by atoms with van der Waals surface area (Å²) in [5.74, 6) is 0.634. The topological polar surface area (TPSA) is 361 Å². The van der Waals surface area contributed by atoms with Crippen LogP contribution in [-0.4, -0.2) is 127 Å². The summed E-state index contributed by atoms with van der Waals surface area (Å²) in [6, 6.07) is 16.3. The number of amides is 5. The van der Waals surface area contributed by atoms with Crippen molar-refractivity contribution in [2.75, 3.05) is 0 Å². The normalized spacial score (nSPS) is 17.8. The lowest BCUT2D eigenvalue weighted by Gasteiger charge is -2.39. The first-order chi connectivity index (χ1) is 53.7. The molecule has 21 heteroatoms. The fraction of sp³-hybridized carbons (Fsp3) is 0.634. The molecule has 114 heavy (non-hydrogen) atoms. The van der Waals surface area contributed by atoms with Crippen LogP contribution in [0.15, 0.2) is 158 Å². The van der Waals surface area contributed by atoms with E-state index in [1.165, 1.54) is 73.2 Å². The fourth-order valence-corrected chi connectivity index (χ4v) is 18.7. The van der Waals surface area contributed by atoms with Gasteiger partial charge in [-0.15, -0.1) is 0 Å². The van der Waals surface area contributed by atoms with Gasteiger partial charge >= 0.3 is 5.97 Å². The third-order valence-electron chi connectivity index (χ3n) is 23.5. The first-order valence-corrected chi connectivity index (χ1v) is 47.6. The molecule has 20 atom stereocenters. The molecule has 15 N–H and O–H groups in total. The Morgan fingerprint density at radius 3 is 0.921 bits per heavy atom. The zero-order valence-electron chi connectivity index (χ0n) is 74.7. The zero-order chi connectivity index (χ0) is 88.1. The van der Waals surface area contributed by atoms with E-state index in [-0.39, 0.29) is 65.8 Å². The molecule has 0 aliphatic carbocycles. The number of aliphatic hydroxyl groups excluding tert-OH is 5. The quantitative estimate of drug-likeness (QED) is 0.0125. The van der Waals surface area contributed by atoms with Gasteiger partial charge in [0, 0.05) is 54.2 Å². The number of nitrogens with two attached hydrogens (primary N) is 5. The molecule has 0 aromatic heterocycles. The highest BCUT2D eigenvalue weighted by Crippen LogP contribution is 2.35. The van der Waals surface area contributed by atoms with Crippen LogP contribution < -0.4 is 28.7 Å². The lowest BCUT2D eigenvalue weighted by Crippen LogP contribution is -2.45. The zero-order valence-corrected chi connectivity index (χ0v) is 76.7. The molecule has 1 aromatic rings. The van der Waals surface area contributed by atoms with Crippen LogP contribution >= 0.6 is 0 Å². The van der Waals surface area contributed by atoms with Crippen molar-refractivity contribution in [2.45, 2.75) is 309 Å². The number of allylic oxidation sites excluding steroid dienone is 10. The van der Waals surface area contributed by atoms with Crippen molar-refractivity contribution < 1.29 is 67.9 Å². The number of ether oxygens (including phenoxy) is 1. The lowest BCUT2D eigenvalue weighted by atomic mass is 9.80.